The van der Waals surface area contributed by atoms with Crippen molar-refractivity contribution in [3.05, 3.63) is 17.0 Å². The van der Waals surface area contributed by atoms with E-state index >= 15 is 0 Å². The zero-order chi connectivity index (χ0) is 13.2. The number of hydrogen-bond donors (Lipinski definition) is 0. The fourth-order valence-corrected chi connectivity index (χ4v) is 1.69. The third-order valence-corrected chi connectivity index (χ3v) is 3.40. The van der Waals surface area contributed by atoms with Crippen LogP contribution in [0.2, 0.25) is 5.15 Å². The first kappa shape index (κ1) is 13.9. The average Bonchev–Trinajstić information content (AvgIpc) is 2.25. The maximum atomic E-state index is 11.0. The number of nitrogens with zero attached hydrogens (tertiary/aromatic N) is 3. The molecule has 0 bridgehead atoms. The van der Waals surface area contributed by atoms with E-state index in [0.717, 1.165) is 0 Å². The van der Waals surface area contributed by atoms with Crippen LogP contribution in [0.1, 0.15) is 38.1 Å². The zero-order valence-corrected chi connectivity index (χ0v) is 11.6. The molecule has 94 valence electrons. The van der Waals surface area contributed by atoms with Gasteiger partial charge in [0.1, 0.15) is 17.3 Å². The van der Waals surface area contributed by atoms with Gasteiger partial charge in [-0.25, -0.2) is 9.97 Å². The first-order valence-corrected chi connectivity index (χ1v) is 5.85. The minimum Gasteiger partial charge on any atom is -0.356 e. The van der Waals surface area contributed by atoms with Gasteiger partial charge in [0.2, 0.25) is 0 Å². The second-order valence-corrected chi connectivity index (χ2v) is 5.53. The first-order chi connectivity index (χ1) is 7.79. The third-order valence-electron chi connectivity index (χ3n) is 3.10. The van der Waals surface area contributed by atoms with Crippen LogP contribution in [0.25, 0.3) is 0 Å². The molecular formula is C12H18ClN3O. The van der Waals surface area contributed by atoms with Crippen molar-refractivity contribution >= 4 is 23.7 Å². The largest absolute Gasteiger partial charge is 0.356 e. The predicted molar refractivity (Wildman–Crippen MR) is 69.7 cm³/mol. The van der Waals surface area contributed by atoms with Gasteiger partial charge in [0, 0.05) is 13.1 Å². The molecule has 0 N–H and O–H groups in total. The lowest BCUT2D eigenvalue weighted by molar-refractivity contribution is 0.112. The minimum atomic E-state index is 0.0757. The number of carbonyl (C=O) groups excluding carboxylic acids is 1. The molecule has 1 atom stereocenters. The van der Waals surface area contributed by atoms with Crippen LogP contribution in [0.4, 0.5) is 5.82 Å². The van der Waals surface area contributed by atoms with Crippen LogP contribution in [-0.2, 0) is 0 Å². The molecular weight excluding hydrogens is 238 g/mol. The number of hydrogen-bond acceptors (Lipinski definition) is 4. The highest BCUT2D eigenvalue weighted by atomic mass is 35.5. The molecule has 0 saturated heterocycles. The van der Waals surface area contributed by atoms with E-state index < -0.39 is 0 Å². The maximum Gasteiger partial charge on any atom is 0.156 e. The standard InChI is InChI=1S/C12H18ClN3O/c1-8(12(2,3)4)16(5)11-9(6-17)10(13)14-7-15-11/h6-8H,1-5H3. The van der Waals surface area contributed by atoms with Crippen molar-refractivity contribution < 1.29 is 4.79 Å². The minimum absolute atomic E-state index is 0.0757. The smallest absolute Gasteiger partial charge is 0.156 e. The summed E-state index contributed by atoms with van der Waals surface area (Å²) >= 11 is 5.88. The molecule has 0 amide bonds. The van der Waals surface area contributed by atoms with E-state index in [9.17, 15) is 4.79 Å². The Labute approximate surface area is 107 Å². The Hall–Kier alpha value is -1.16. The van der Waals surface area contributed by atoms with Crippen molar-refractivity contribution in [3.63, 3.8) is 0 Å². The summed E-state index contributed by atoms with van der Waals surface area (Å²) < 4.78 is 0. The summed E-state index contributed by atoms with van der Waals surface area (Å²) in [5.74, 6) is 0.572. The van der Waals surface area contributed by atoms with Crippen molar-refractivity contribution in [2.75, 3.05) is 11.9 Å². The average molecular weight is 256 g/mol. The molecule has 1 heterocycles. The van der Waals surface area contributed by atoms with E-state index in [1.165, 1.54) is 6.33 Å². The lowest BCUT2D eigenvalue weighted by Crippen LogP contribution is -2.40. The molecule has 1 aromatic heterocycles. The van der Waals surface area contributed by atoms with E-state index in [2.05, 4.69) is 37.7 Å². The van der Waals surface area contributed by atoms with E-state index in [4.69, 9.17) is 11.6 Å². The quantitative estimate of drug-likeness (QED) is 0.616. The number of anilines is 1. The molecule has 0 aliphatic heterocycles. The normalized spacial score (nSPS) is 13.3. The summed E-state index contributed by atoms with van der Waals surface area (Å²) in [6, 6.07) is 0.215. The second-order valence-electron chi connectivity index (χ2n) is 5.17. The Morgan fingerprint density at radius 1 is 1.41 bits per heavy atom. The number of rotatable bonds is 3. The Kier molecular flexibility index (Phi) is 4.09. The summed E-state index contributed by atoms with van der Waals surface area (Å²) in [5, 5.41) is 0.193. The molecule has 0 fully saturated rings. The van der Waals surface area contributed by atoms with Crippen LogP contribution in [0.3, 0.4) is 0 Å². The summed E-state index contributed by atoms with van der Waals surface area (Å²) in [6.45, 7) is 8.50. The summed E-state index contributed by atoms with van der Waals surface area (Å²) in [4.78, 5) is 20.9. The van der Waals surface area contributed by atoms with E-state index in [-0.39, 0.29) is 16.6 Å². The first-order valence-electron chi connectivity index (χ1n) is 5.47. The molecule has 0 radical (unpaired) electrons. The topological polar surface area (TPSA) is 46.1 Å². The van der Waals surface area contributed by atoms with Gasteiger partial charge >= 0.3 is 0 Å². The van der Waals surface area contributed by atoms with Gasteiger partial charge in [-0.3, -0.25) is 4.79 Å². The lowest BCUT2D eigenvalue weighted by atomic mass is 9.87. The number of aromatic nitrogens is 2. The predicted octanol–water partition coefficient (Wildman–Crippen LogP) is 2.81. The summed E-state index contributed by atoms with van der Waals surface area (Å²) in [5.41, 5.74) is 0.416. The van der Waals surface area contributed by atoms with Crippen LogP contribution in [0.15, 0.2) is 6.33 Å². The molecule has 0 aromatic carbocycles. The fraction of sp³-hybridized carbons (Fsp3) is 0.583. The molecule has 0 aliphatic rings. The molecule has 1 unspecified atom stereocenters. The van der Waals surface area contributed by atoms with Crippen molar-refractivity contribution in [3.8, 4) is 0 Å². The van der Waals surface area contributed by atoms with Crippen molar-refractivity contribution in [2.45, 2.75) is 33.7 Å². The van der Waals surface area contributed by atoms with Crippen LogP contribution in [0, 0.1) is 5.41 Å². The van der Waals surface area contributed by atoms with E-state index in [0.29, 0.717) is 17.7 Å². The van der Waals surface area contributed by atoms with Gasteiger partial charge in [-0.1, -0.05) is 32.4 Å². The Morgan fingerprint density at radius 2 is 2.00 bits per heavy atom. The fourth-order valence-electron chi connectivity index (χ4n) is 1.51. The monoisotopic (exact) mass is 255 g/mol. The van der Waals surface area contributed by atoms with Gasteiger partial charge in [-0.2, -0.15) is 0 Å². The Morgan fingerprint density at radius 3 is 2.47 bits per heavy atom. The molecule has 1 rings (SSSR count). The third kappa shape index (κ3) is 2.94. The van der Waals surface area contributed by atoms with Gasteiger partial charge in [0.05, 0.1) is 5.56 Å². The summed E-state index contributed by atoms with van der Waals surface area (Å²) in [7, 11) is 1.90. The molecule has 5 heteroatoms. The number of aldehydes is 1. The van der Waals surface area contributed by atoms with Crippen molar-refractivity contribution in [1.82, 2.24) is 9.97 Å². The van der Waals surface area contributed by atoms with Crippen LogP contribution in [-0.4, -0.2) is 29.3 Å². The lowest BCUT2D eigenvalue weighted by Gasteiger charge is -2.36. The van der Waals surface area contributed by atoms with Gasteiger partial charge < -0.3 is 4.90 Å². The number of halogens is 1. The van der Waals surface area contributed by atoms with Gasteiger partial charge in [-0.05, 0) is 12.3 Å². The molecule has 0 saturated carbocycles. The van der Waals surface area contributed by atoms with Gasteiger partial charge in [0.25, 0.3) is 0 Å². The van der Waals surface area contributed by atoms with E-state index in [1.807, 2.05) is 11.9 Å². The Bertz CT molecular complexity index is 415. The SMILES string of the molecule is CC(N(C)c1ncnc(Cl)c1C=O)C(C)(C)C. The molecule has 1 aromatic rings. The van der Waals surface area contributed by atoms with Crippen LogP contribution < -0.4 is 4.90 Å². The zero-order valence-electron chi connectivity index (χ0n) is 10.9. The molecule has 0 aliphatic carbocycles. The highest BCUT2D eigenvalue weighted by Crippen LogP contribution is 2.29. The molecule has 17 heavy (non-hydrogen) atoms. The van der Waals surface area contributed by atoms with E-state index in [1.54, 1.807) is 0 Å². The van der Waals surface area contributed by atoms with Gasteiger partial charge in [-0.15, -0.1) is 0 Å². The Balaban J connectivity index is 3.17. The summed E-state index contributed by atoms with van der Waals surface area (Å²) in [6.07, 6.45) is 2.07. The van der Waals surface area contributed by atoms with Crippen molar-refractivity contribution in [1.29, 1.82) is 0 Å². The highest BCUT2D eigenvalue weighted by molar-refractivity contribution is 6.32. The number of carbonyl (C=O) groups is 1. The molecule has 0 spiro atoms. The second kappa shape index (κ2) is 5.00. The molecule has 4 nitrogen and oxygen atoms in total. The van der Waals surface area contributed by atoms with Crippen LogP contribution >= 0.6 is 11.6 Å². The van der Waals surface area contributed by atoms with Crippen molar-refractivity contribution in [2.24, 2.45) is 5.41 Å². The van der Waals surface area contributed by atoms with Crippen LogP contribution in [0.5, 0.6) is 0 Å². The van der Waals surface area contributed by atoms with Gasteiger partial charge in [0.15, 0.2) is 6.29 Å². The highest BCUT2D eigenvalue weighted by Gasteiger charge is 2.26. The maximum absolute atomic E-state index is 11.0.